The number of aryl methyl sites for hydroxylation is 2. The van der Waals surface area contributed by atoms with Gasteiger partial charge in [-0.3, -0.25) is 9.78 Å². The lowest BCUT2D eigenvalue weighted by Crippen LogP contribution is -2.41. The lowest BCUT2D eigenvalue weighted by molar-refractivity contribution is -0.119. The van der Waals surface area contributed by atoms with Crippen LogP contribution in [0.15, 0.2) is 48.8 Å². The van der Waals surface area contributed by atoms with Gasteiger partial charge < -0.3 is 20.7 Å². The van der Waals surface area contributed by atoms with E-state index in [1.165, 1.54) is 0 Å². The molecule has 2 amide bonds. The summed E-state index contributed by atoms with van der Waals surface area (Å²) in [6, 6.07) is 11.7. The number of likely N-dealkylation sites (tertiary alicyclic amines) is 1. The fourth-order valence-electron chi connectivity index (χ4n) is 4.76. The van der Waals surface area contributed by atoms with E-state index in [1.54, 1.807) is 17.3 Å². The summed E-state index contributed by atoms with van der Waals surface area (Å²) < 4.78 is 5.49. The molecule has 1 aliphatic rings. The fraction of sp³-hybridized carbons (Fsp3) is 0.433. The number of halogens is 1. The average Bonchev–Trinajstić information content (AvgIpc) is 2.92. The second-order valence-electron chi connectivity index (χ2n) is 11.1. The van der Waals surface area contributed by atoms with Crippen molar-refractivity contribution in [2.75, 3.05) is 18.4 Å². The van der Waals surface area contributed by atoms with Crippen LogP contribution < -0.4 is 11.1 Å². The second kappa shape index (κ2) is 12.6. The molecule has 0 saturated carbocycles. The Hall–Kier alpha value is -3.72. The number of amides is 2. The number of hydrogen-bond donors (Lipinski definition) is 2. The number of anilines is 2. The number of carbonyl (C=O) groups excluding carboxylic acids is 2. The molecule has 40 heavy (non-hydrogen) atoms. The number of benzene rings is 1. The summed E-state index contributed by atoms with van der Waals surface area (Å²) in [5.74, 6) is -0.0168. The zero-order chi connectivity index (χ0) is 28.9. The molecule has 9 nitrogen and oxygen atoms in total. The van der Waals surface area contributed by atoms with Crippen molar-refractivity contribution in [3.8, 4) is 0 Å². The molecule has 1 saturated heterocycles. The van der Waals surface area contributed by atoms with Gasteiger partial charge in [-0.25, -0.2) is 14.8 Å². The lowest BCUT2D eigenvalue weighted by atomic mass is 9.92. The van der Waals surface area contributed by atoms with Gasteiger partial charge in [-0.1, -0.05) is 35.9 Å². The number of nitrogens with zero attached hydrogens (tertiary/aromatic N) is 4. The molecule has 1 atom stereocenters. The molecular weight excluding hydrogens is 528 g/mol. The summed E-state index contributed by atoms with van der Waals surface area (Å²) in [5, 5.41) is 3.70. The molecule has 4 rings (SSSR count). The lowest BCUT2D eigenvalue weighted by Gasteiger charge is -2.33. The third-order valence-corrected chi connectivity index (χ3v) is 7.32. The number of rotatable bonds is 8. The van der Waals surface area contributed by atoms with Crippen molar-refractivity contribution in [3.63, 3.8) is 0 Å². The van der Waals surface area contributed by atoms with Crippen LogP contribution in [0, 0.1) is 0 Å². The Bertz CT molecular complexity index is 1330. The van der Waals surface area contributed by atoms with E-state index in [0.29, 0.717) is 42.6 Å². The Morgan fingerprint density at radius 2 is 1.82 bits per heavy atom. The van der Waals surface area contributed by atoms with Crippen LogP contribution in [-0.4, -0.2) is 50.5 Å². The van der Waals surface area contributed by atoms with Crippen LogP contribution in [-0.2, 0) is 22.4 Å². The standard InChI is InChI=1S/C30H37ClN6O3/c1-19(27(32)38)23-8-6-5-7-20(23)9-11-26-24(31)18-34-28(36-26)35-22-10-12-25(33-17-22)21-13-15-37(16-14-21)29(39)40-30(2,3)4/h5-8,10,12,17-19,21H,9,11,13-16H2,1-4H3,(H2,32,38)(H,34,35,36). The van der Waals surface area contributed by atoms with Crippen LogP contribution in [0.5, 0.6) is 0 Å². The van der Waals surface area contributed by atoms with Crippen molar-refractivity contribution in [2.45, 2.75) is 70.8 Å². The van der Waals surface area contributed by atoms with Gasteiger partial charge in [0.1, 0.15) is 5.60 Å². The molecule has 3 aromatic rings. The average molecular weight is 565 g/mol. The molecule has 0 spiro atoms. The zero-order valence-corrected chi connectivity index (χ0v) is 24.2. The van der Waals surface area contributed by atoms with Gasteiger partial charge in [0.2, 0.25) is 11.9 Å². The largest absolute Gasteiger partial charge is 0.444 e. The molecule has 0 bridgehead atoms. The van der Waals surface area contributed by atoms with Crippen LogP contribution in [0.4, 0.5) is 16.4 Å². The normalized spacial score (nSPS) is 15.0. The number of primary amides is 1. The summed E-state index contributed by atoms with van der Waals surface area (Å²) in [5.41, 5.74) is 9.47. The number of pyridine rings is 1. The summed E-state index contributed by atoms with van der Waals surface area (Å²) in [4.78, 5) is 39.5. The summed E-state index contributed by atoms with van der Waals surface area (Å²) in [6.45, 7) is 8.74. The van der Waals surface area contributed by atoms with E-state index >= 15 is 0 Å². The Kier molecular flexibility index (Phi) is 9.25. The van der Waals surface area contributed by atoms with Gasteiger partial charge in [-0.15, -0.1) is 0 Å². The number of carbonyl (C=O) groups is 2. The Morgan fingerprint density at radius 1 is 1.10 bits per heavy atom. The molecule has 2 aromatic heterocycles. The van der Waals surface area contributed by atoms with E-state index < -0.39 is 5.60 Å². The van der Waals surface area contributed by atoms with Crippen molar-refractivity contribution in [1.82, 2.24) is 19.9 Å². The van der Waals surface area contributed by atoms with Gasteiger partial charge in [-0.05, 0) is 76.6 Å². The highest BCUT2D eigenvalue weighted by atomic mass is 35.5. The number of aromatic nitrogens is 3. The van der Waals surface area contributed by atoms with Crippen molar-refractivity contribution < 1.29 is 14.3 Å². The summed E-state index contributed by atoms with van der Waals surface area (Å²) >= 11 is 6.41. The molecule has 3 heterocycles. The molecule has 0 radical (unpaired) electrons. The van der Waals surface area contributed by atoms with E-state index in [2.05, 4.69) is 20.3 Å². The quantitative estimate of drug-likeness (QED) is 0.356. The minimum Gasteiger partial charge on any atom is -0.444 e. The maximum atomic E-state index is 12.3. The smallest absolute Gasteiger partial charge is 0.410 e. The SMILES string of the molecule is CC(C(N)=O)c1ccccc1CCc1nc(Nc2ccc(C3CCN(C(=O)OC(C)(C)C)CC3)nc2)ncc1Cl. The van der Waals surface area contributed by atoms with E-state index in [9.17, 15) is 9.59 Å². The summed E-state index contributed by atoms with van der Waals surface area (Å²) in [7, 11) is 0. The van der Waals surface area contributed by atoms with Crippen LogP contribution in [0.2, 0.25) is 5.02 Å². The van der Waals surface area contributed by atoms with Crippen molar-refractivity contribution in [3.05, 3.63) is 76.3 Å². The summed E-state index contributed by atoms with van der Waals surface area (Å²) in [6.07, 6.45) is 6.02. The van der Waals surface area contributed by atoms with Crippen molar-refractivity contribution in [2.24, 2.45) is 5.73 Å². The van der Waals surface area contributed by atoms with Crippen molar-refractivity contribution in [1.29, 1.82) is 0 Å². The Labute approximate surface area is 240 Å². The van der Waals surface area contributed by atoms with Gasteiger partial charge in [0.05, 0.1) is 34.7 Å². The van der Waals surface area contributed by atoms with Gasteiger partial charge in [0.15, 0.2) is 0 Å². The zero-order valence-electron chi connectivity index (χ0n) is 23.5. The topological polar surface area (TPSA) is 123 Å². The molecule has 1 aliphatic heterocycles. The Morgan fingerprint density at radius 3 is 2.48 bits per heavy atom. The number of nitrogens with one attached hydrogen (secondary N) is 1. The van der Waals surface area contributed by atoms with E-state index in [-0.39, 0.29) is 23.8 Å². The number of hydrogen-bond acceptors (Lipinski definition) is 7. The highest BCUT2D eigenvalue weighted by Crippen LogP contribution is 2.29. The fourth-order valence-corrected chi connectivity index (χ4v) is 4.95. The van der Waals surface area contributed by atoms with E-state index in [1.807, 2.05) is 64.1 Å². The number of ether oxygens (including phenoxy) is 1. The highest BCUT2D eigenvalue weighted by Gasteiger charge is 2.28. The van der Waals surface area contributed by atoms with Crippen LogP contribution >= 0.6 is 11.6 Å². The van der Waals surface area contributed by atoms with E-state index in [4.69, 9.17) is 22.1 Å². The van der Waals surface area contributed by atoms with Crippen LogP contribution in [0.25, 0.3) is 0 Å². The van der Waals surface area contributed by atoms with Gasteiger partial charge in [0.25, 0.3) is 0 Å². The third kappa shape index (κ3) is 7.69. The van der Waals surface area contributed by atoms with Crippen LogP contribution in [0.1, 0.15) is 74.9 Å². The molecule has 1 fully saturated rings. The Balaban J connectivity index is 1.35. The predicted octanol–water partition coefficient (Wildman–Crippen LogP) is 5.76. The highest BCUT2D eigenvalue weighted by molar-refractivity contribution is 6.31. The molecule has 10 heteroatoms. The molecule has 3 N–H and O–H groups in total. The van der Waals surface area contributed by atoms with Gasteiger partial charge in [0, 0.05) is 24.7 Å². The first-order valence-electron chi connectivity index (χ1n) is 13.6. The minimum atomic E-state index is -0.497. The maximum absolute atomic E-state index is 12.3. The molecule has 1 aromatic carbocycles. The predicted molar refractivity (Wildman–Crippen MR) is 156 cm³/mol. The molecular formula is C30H37ClN6O3. The van der Waals surface area contributed by atoms with E-state index in [0.717, 1.165) is 35.3 Å². The second-order valence-corrected chi connectivity index (χ2v) is 11.6. The third-order valence-electron chi connectivity index (χ3n) is 7.00. The van der Waals surface area contributed by atoms with Gasteiger partial charge in [-0.2, -0.15) is 0 Å². The van der Waals surface area contributed by atoms with Crippen LogP contribution in [0.3, 0.4) is 0 Å². The first-order chi connectivity index (χ1) is 19.0. The maximum Gasteiger partial charge on any atom is 0.410 e. The first-order valence-corrected chi connectivity index (χ1v) is 14.0. The van der Waals surface area contributed by atoms with Gasteiger partial charge >= 0.3 is 6.09 Å². The number of piperidine rings is 1. The minimum absolute atomic E-state index is 0.259. The first kappa shape index (κ1) is 29.3. The van der Waals surface area contributed by atoms with Crippen molar-refractivity contribution >= 4 is 35.2 Å². The number of nitrogens with two attached hydrogens (primary N) is 1. The molecule has 0 aliphatic carbocycles. The monoisotopic (exact) mass is 564 g/mol. The molecule has 212 valence electrons. The molecule has 1 unspecified atom stereocenters.